The molecule has 2 aromatic rings. The number of phenolic OH excluding ortho intramolecular Hbond substituents is 1. The SMILES string of the molecule is COc1cccc2c1C(=O)c1c(cc3c(c1O)[C@@H](O[C@H]1C[C@@H](N)[C@@H](O)[C@@H](C)O1)C[C@](O)(C(=O)CO)C3)C2=O. The third-order valence-corrected chi connectivity index (χ3v) is 7.67. The number of Topliss-reactive ketones (excluding diaryl/α,β-unsaturated/α-hetero) is 1. The average molecular weight is 528 g/mol. The fourth-order valence-electron chi connectivity index (χ4n) is 5.68. The Morgan fingerprint density at radius 3 is 2.61 bits per heavy atom. The molecule has 6 N–H and O–H groups in total. The minimum atomic E-state index is -2.07. The van der Waals surface area contributed by atoms with Gasteiger partial charge in [-0.2, -0.15) is 0 Å². The molecule has 1 fully saturated rings. The summed E-state index contributed by atoms with van der Waals surface area (Å²) in [4.78, 5) is 39.6. The van der Waals surface area contributed by atoms with Crippen molar-refractivity contribution in [3.8, 4) is 11.5 Å². The highest BCUT2D eigenvalue weighted by Crippen LogP contribution is 2.48. The number of ether oxygens (including phenoxy) is 3. The Balaban J connectivity index is 1.64. The second kappa shape index (κ2) is 9.53. The van der Waals surface area contributed by atoms with Gasteiger partial charge in [-0.05, 0) is 24.6 Å². The summed E-state index contributed by atoms with van der Waals surface area (Å²) in [5, 5.41) is 42.3. The third-order valence-electron chi connectivity index (χ3n) is 7.67. The van der Waals surface area contributed by atoms with E-state index in [-0.39, 0.29) is 58.4 Å². The Bertz CT molecular complexity index is 1330. The lowest BCUT2D eigenvalue weighted by Gasteiger charge is -2.42. The molecule has 202 valence electrons. The molecule has 1 aliphatic heterocycles. The molecule has 6 atom stereocenters. The van der Waals surface area contributed by atoms with Gasteiger partial charge in [0, 0.05) is 42.0 Å². The van der Waals surface area contributed by atoms with Crippen LogP contribution in [-0.4, -0.2) is 81.6 Å². The summed E-state index contributed by atoms with van der Waals surface area (Å²) in [5.41, 5.74) is 4.08. The first-order valence-corrected chi connectivity index (χ1v) is 12.3. The molecule has 2 aliphatic carbocycles. The highest BCUT2D eigenvalue weighted by Gasteiger charge is 2.48. The smallest absolute Gasteiger partial charge is 0.201 e. The Kier molecular flexibility index (Phi) is 6.62. The van der Waals surface area contributed by atoms with Crippen molar-refractivity contribution in [2.24, 2.45) is 5.73 Å². The van der Waals surface area contributed by atoms with Crippen LogP contribution >= 0.6 is 0 Å². The van der Waals surface area contributed by atoms with Crippen molar-refractivity contribution in [1.29, 1.82) is 0 Å². The highest BCUT2D eigenvalue weighted by atomic mass is 16.7. The molecule has 1 heterocycles. The Hall–Kier alpha value is -3.19. The van der Waals surface area contributed by atoms with Gasteiger partial charge in [-0.25, -0.2) is 0 Å². The normalized spacial score (nSPS) is 30.3. The maximum atomic E-state index is 13.6. The van der Waals surface area contributed by atoms with Crippen LogP contribution in [-0.2, 0) is 20.7 Å². The zero-order chi connectivity index (χ0) is 27.5. The fourth-order valence-corrected chi connectivity index (χ4v) is 5.68. The second-order valence-electron chi connectivity index (χ2n) is 10.0. The van der Waals surface area contributed by atoms with Gasteiger partial charge in [-0.3, -0.25) is 14.4 Å². The second-order valence-corrected chi connectivity index (χ2v) is 10.0. The van der Waals surface area contributed by atoms with Crippen molar-refractivity contribution >= 4 is 17.3 Å². The summed E-state index contributed by atoms with van der Waals surface area (Å²) in [6, 6.07) is 5.29. The molecule has 5 rings (SSSR count). The number of nitrogens with two attached hydrogens (primary N) is 1. The van der Waals surface area contributed by atoms with Gasteiger partial charge in [0.25, 0.3) is 0 Å². The molecule has 0 bridgehead atoms. The molecule has 0 saturated carbocycles. The van der Waals surface area contributed by atoms with Crippen LogP contribution in [0.4, 0.5) is 0 Å². The first-order valence-electron chi connectivity index (χ1n) is 12.3. The summed E-state index contributed by atoms with van der Waals surface area (Å²) < 4.78 is 17.1. The number of ketones is 3. The molecule has 38 heavy (non-hydrogen) atoms. The quantitative estimate of drug-likeness (QED) is 0.307. The monoisotopic (exact) mass is 527 g/mol. The lowest BCUT2D eigenvalue weighted by Crippen LogP contribution is -2.53. The standard InChI is InChI=1S/C27H29NO10/c1-11-23(31)15(28)7-19(37-11)38-17-9-27(35,18(30)10-29)8-12-6-14-22(25(33)20(12)17)26(34)21-13(24(14)32)4-3-5-16(21)36-2/h3-6,11,15,17,19,23,29,31,33,35H,7-10,28H2,1-2H3/t11-,15-,17+,19+,23+,27+/m1/s1. The lowest BCUT2D eigenvalue weighted by atomic mass is 9.72. The molecule has 2 aromatic carbocycles. The number of benzene rings is 2. The zero-order valence-corrected chi connectivity index (χ0v) is 20.8. The van der Waals surface area contributed by atoms with Gasteiger partial charge >= 0.3 is 0 Å². The number of hydrogen-bond acceptors (Lipinski definition) is 11. The van der Waals surface area contributed by atoms with Crippen molar-refractivity contribution < 1.29 is 49.0 Å². The van der Waals surface area contributed by atoms with E-state index >= 15 is 0 Å². The number of phenols is 1. The highest BCUT2D eigenvalue weighted by molar-refractivity contribution is 6.30. The largest absolute Gasteiger partial charge is 0.507 e. The topological polar surface area (TPSA) is 186 Å². The van der Waals surface area contributed by atoms with Crippen molar-refractivity contribution in [2.45, 2.75) is 62.4 Å². The fraction of sp³-hybridized carbons (Fsp3) is 0.444. The predicted molar refractivity (Wildman–Crippen MR) is 130 cm³/mol. The van der Waals surface area contributed by atoms with Crippen molar-refractivity contribution in [2.75, 3.05) is 13.7 Å². The van der Waals surface area contributed by atoms with E-state index < -0.39 is 66.0 Å². The van der Waals surface area contributed by atoms with Crippen LogP contribution in [0.25, 0.3) is 0 Å². The van der Waals surface area contributed by atoms with Crippen LogP contribution in [0.5, 0.6) is 11.5 Å². The number of carbonyl (C=O) groups is 3. The summed E-state index contributed by atoms with van der Waals surface area (Å²) in [5.74, 6) is -2.35. The predicted octanol–water partition coefficient (Wildman–Crippen LogP) is 0.296. The molecule has 11 nitrogen and oxygen atoms in total. The van der Waals surface area contributed by atoms with Gasteiger partial charge in [0.2, 0.25) is 5.78 Å². The summed E-state index contributed by atoms with van der Waals surface area (Å²) >= 11 is 0. The van der Waals surface area contributed by atoms with E-state index in [2.05, 4.69) is 0 Å². The number of methoxy groups -OCH3 is 1. The van der Waals surface area contributed by atoms with Gasteiger partial charge in [0.1, 0.15) is 23.7 Å². The van der Waals surface area contributed by atoms with Gasteiger partial charge in [0.15, 0.2) is 17.9 Å². The van der Waals surface area contributed by atoms with Crippen LogP contribution < -0.4 is 10.5 Å². The summed E-state index contributed by atoms with van der Waals surface area (Å²) in [6.07, 6.45) is -4.36. The van der Waals surface area contributed by atoms with Gasteiger partial charge < -0.3 is 40.4 Å². The minimum absolute atomic E-state index is 0.0207. The molecule has 0 amide bonds. The molecule has 0 unspecified atom stereocenters. The first-order chi connectivity index (χ1) is 18.0. The zero-order valence-electron chi connectivity index (χ0n) is 20.8. The van der Waals surface area contributed by atoms with Crippen LogP contribution in [0, 0.1) is 0 Å². The van der Waals surface area contributed by atoms with Gasteiger partial charge in [-0.1, -0.05) is 12.1 Å². The van der Waals surface area contributed by atoms with Crippen LogP contribution in [0.2, 0.25) is 0 Å². The Morgan fingerprint density at radius 2 is 1.95 bits per heavy atom. The maximum absolute atomic E-state index is 13.6. The van der Waals surface area contributed by atoms with Crippen molar-refractivity contribution in [3.05, 3.63) is 57.6 Å². The number of rotatable bonds is 5. The minimum Gasteiger partial charge on any atom is -0.507 e. The Morgan fingerprint density at radius 1 is 1.21 bits per heavy atom. The van der Waals surface area contributed by atoms with E-state index in [0.717, 1.165) is 0 Å². The number of aliphatic hydroxyl groups excluding tert-OH is 2. The molecule has 3 aliphatic rings. The van der Waals surface area contributed by atoms with E-state index in [0.29, 0.717) is 0 Å². The lowest BCUT2D eigenvalue weighted by molar-refractivity contribution is -0.247. The first kappa shape index (κ1) is 26.4. The Labute approximate surface area is 217 Å². The molecule has 1 saturated heterocycles. The molecule has 11 heteroatoms. The number of fused-ring (bicyclic) bond motifs is 3. The van der Waals surface area contributed by atoms with Gasteiger partial charge in [0.05, 0.1) is 36.5 Å². The molecular weight excluding hydrogens is 498 g/mol. The number of hydrogen-bond donors (Lipinski definition) is 5. The van der Waals surface area contributed by atoms with Crippen LogP contribution in [0.3, 0.4) is 0 Å². The van der Waals surface area contributed by atoms with Crippen LogP contribution in [0.1, 0.15) is 68.8 Å². The van der Waals surface area contributed by atoms with E-state index in [1.54, 1.807) is 13.0 Å². The number of aliphatic hydroxyl groups is 3. The van der Waals surface area contributed by atoms with E-state index in [9.17, 15) is 34.8 Å². The van der Waals surface area contributed by atoms with Gasteiger partial charge in [-0.15, -0.1) is 0 Å². The van der Waals surface area contributed by atoms with E-state index in [4.69, 9.17) is 19.9 Å². The van der Waals surface area contributed by atoms with Crippen molar-refractivity contribution in [1.82, 2.24) is 0 Å². The van der Waals surface area contributed by atoms with E-state index in [1.165, 1.54) is 25.3 Å². The molecule has 0 aromatic heterocycles. The summed E-state index contributed by atoms with van der Waals surface area (Å²) in [6.45, 7) is 0.678. The molecule has 0 radical (unpaired) electrons. The van der Waals surface area contributed by atoms with Crippen molar-refractivity contribution in [3.63, 3.8) is 0 Å². The number of carbonyl (C=O) groups excluding carboxylic acids is 3. The van der Waals surface area contributed by atoms with Crippen LogP contribution in [0.15, 0.2) is 24.3 Å². The molecular formula is C27H29NO10. The van der Waals surface area contributed by atoms with E-state index in [1.807, 2.05) is 0 Å². The molecule has 0 spiro atoms. The third kappa shape index (κ3) is 4.03. The number of aromatic hydroxyl groups is 1. The summed E-state index contributed by atoms with van der Waals surface area (Å²) in [7, 11) is 1.37. The average Bonchev–Trinajstić information content (AvgIpc) is 2.88. The maximum Gasteiger partial charge on any atom is 0.201 e.